The third kappa shape index (κ3) is 2.77. The largest absolute Gasteiger partial charge is 0.496 e. The molecule has 20 heavy (non-hydrogen) atoms. The summed E-state index contributed by atoms with van der Waals surface area (Å²) in [6, 6.07) is 3.76. The first-order valence-corrected chi connectivity index (χ1v) is 6.89. The van der Waals surface area contributed by atoms with Crippen molar-refractivity contribution in [1.82, 2.24) is 0 Å². The van der Waals surface area contributed by atoms with E-state index >= 15 is 0 Å². The summed E-state index contributed by atoms with van der Waals surface area (Å²) in [7, 11) is 1.41. The van der Waals surface area contributed by atoms with Crippen molar-refractivity contribution in [2.45, 2.75) is 43.7 Å². The average molecular weight is 287 g/mol. The fraction of sp³-hybridized carbons (Fsp3) is 0.600. The summed E-state index contributed by atoms with van der Waals surface area (Å²) in [6.07, 6.45) is 0.734. The Morgan fingerprint density at radius 3 is 2.35 bits per heavy atom. The Hall–Kier alpha value is -1.23. The Balaban J connectivity index is 2.45. The van der Waals surface area contributed by atoms with Crippen molar-refractivity contribution in [3.8, 4) is 5.75 Å². The molecule has 0 radical (unpaired) electrons. The monoisotopic (exact) mass is 287 g/mol. The molecule has 0 aromatic heterocycles. The quantitative estimate of drug-likeness (QED) is 0.915. The van der Waals surface area contributed by atoms with E-state index in [0.29, 0.717) is 12.3 Å². The highest BCUT2D eigenvalue weighted by molar-refractivity contribution is 5.44. The van der Waals surface area contributed by atoms with E-state index in [1.54, 1.807) is 6.07 Å². The van der Waals surface area contributed by atoms with Crippen molar-refractivity contribution in [2.75, 3.05) is 13.7 Å². The molecule has 0 bridgehead atoms. The molecule has 1 aliphatic rings. The van der Waals surface area contributed by atoms with Crippen LogP contribution in [0.15, 0.2) is 18.2 Å². The van der Waals surface area contributed by atoms with Gasteiger partial charge >= 0.3 is 6.18 Å². The van der Waals surface area contributed by atoms with Crippen LogP contribution in [0.2, 0.25) is 0 Å². The lowest BCUT2D eigenvalue weighted by Crippen LogP contribution is -2.37. The summed E-state index contributed by atoms with van der Waals surface area (Å²) in [5, 5.41) is 0. The van der Waals surface area contributed by atoms with Crippen molar-refractivity contribution in [3.63, 3.8) is 0 Å². The fourth-order valence-electron chi connectivity index (χ4n) is 3.12. The van der Waals surface area contributed by atoms with Gasteiger partial charge in [0.1, 0.15) is 5.75 Å². The van der Waals surface area contributed by atoms with Gasteiger partial charge in [0.15, 0.2) is 0 Å². The van der Waals surface area contributed by atoms with Gasteiger partial charge in [-0.1, -0.05) is 25.3 Å². The smallest absolute Gasteiger partial charge is 0.416 e. The molecule has 0 unspecified atom stereocenters. The molecule has 1 aromatic rings. The van der Waals surface area contributed by atoms with E-state index in [2.05, 4.69) is 0 Å². The highest BCUT2D eigenvalue weighted by Gasteiger charge is 2.37. The van der Waals surface area contributed by atoms with Crippen LogP contribution in [0.4, 0.5) is 13.2 Å². The summed E-state index contributed by atoms with van der Waals surface area (Å²) in [4.78, 5) is 0. The van der Waals surface area contributed by atoms with Crippen LogP contribution < -0.4 is 10.5 Å². The van der Waals surface area contributed by atoms with E-state index in [0.717, 1.165) is 49.8 Å². The summed E-state index contributed by atoms with van der Waals surface area (Å²) < 4.78 is 43.5. The lowest BCUT2D eigenvalue weighted by Gasteiger charge is -2.37. The van der Waals surface area contributed by atoms with Gasteiger partial charge in [0.05, 0.1) is 12.7 Å². The Kier molecular flexibility index (Phi) is 4.28. The molecule has 1 saturated carbocycles. The number of benzene rings is 1. The van der Waals surface area contributed by atoms with Crippen LogP contribution in [0, 0.1) is 0 Å². The maximum Gasteiger partial charge on any atom is 0.416 e. The van der Waals surface area contributed by atoms with Gasteiger partial charge in [-0.15, -0.1) is 0 Å². The third-order valence-corrected chi connectivity index (χ3v) is 4.30. The summed E-state index contributed by atoms with van der Waals surface area (Å²) in [5.41, 5.74) is 5.83. The zero-order valence-corrected chi connectivity index (χ0v) is 11.6. The Morgan fingerprint density at radius 1 is 1.20 bits per heavy atom. The Morgan fingerprint density at radius 2 is 1.85 bits per heavy atom. The second-order valence-corrected chi connectivity index (χ2v) is 5.46. The summed E-state index contributed by atoms with van der Waals surface area (Å²) in [5.74, 6) is 0.298. The first kappa shape index (κ1) is 15.2. The van der Waals surface area contributed by atoms with Crippen molar-refractivity contribution in [3.05, 3.63) is 29.3 Å². The molecule has 2 nitrogen and oxygen atoms in total. The van der Waals surface area contributed by atoms with Crippen LogP contribution in [0.3, 0.4) is 0 Å². The minimum Gasteiger partial charge on any atom is -0.496 e. The molecular formula is C15H20F3NO. The summed E-state index contributed by atoms with van der Waals surface area (Å²) >= 11 is 0. The van der Waals surface area contributed by atoms with Gasteiger partial charge < -0.3 is 10.5 Å². The molecule has 0 aliphatic heterocycles. The van der Waals surface area contributed by atoms with Crippen LogP contribution in [-0.2, 0) is 11.6 Å². The maximum absolute atomic E-state index is 12.8. The van der Waals surface area contributed by atoms with Crippen LogP contribution in [-0.4, -0.2) is 13.7 Å². The second kappa shape index (κ2) is 5.64. The van der Waals surface area contributed by atoms with E-state index in [9.17, 15) is 13.2 Å². The molecule has 0 atom stereocenters. The Labute approximate surface area is 117 Å². The minimum atomic E-state index is -4.35. The van der Waals surface area contributed by atoms with Gasteiger partial charge in [-0.3, -0.25) is 0 Å². The van der Waals surface area contributed by atoms with Crippen LogP contribution in [0.1, 0.15) is 43.2 Å². The molecule has 1 aromatic carbocycles. The highest BCUT2D eigenvalue weighted by Crippen LogP contribution is 2.44. The molecular weight excluding hydrogens is 267 g/mol. The fourth-order valence-corrected chi connectivity index (χ4v) is 3.12. The second-order valence-electron chi connectivity index (χ2n) is 5.46. The molecule has 0 saturated heterocycles. The molecule has 2 N–H and O–H groups in total. The molecule has 112 valence electrons. The zero-order valence-electron chi connectivity index (χ0n) is 11.6. The first-order valence-electron chi connectivity index (χ1n) is 6.89. The standard InChI is InChI=1S/C15H20F3NO/c1-20-13-9-11(15(16,17)18)5-6-12(13)14(10-19)7-3-2-4-8-14/h5-6,9H,2-4,7-8,10,19H2,1H3. The number of methoxy groups -OCH3 is 1. The van der Waals surface area contributed by atoms with Crippen LogP contribution in [0.25, 0.3) is 0 Å². The van der Waals surface area contributed by atoms with Crippen molar-refractivity contribution >= 4 is 0 Å². The molecule has 2 rings (SSSR count). The predicted octanol–water partition coefficient (Wildman–Crippen LogP) is 3.87. The number of hydrogen-bond donors (Lipinski definition) is 1. The minimum absolute atomic E-state index is 0.242. The van der Waals surface area contributed by atoms with Gasteiger partial charge in [0.2, 0.25) is 0 Å². The van der Waals surface area contributed by atoms with Crippen LogP contribution >= 0.6 is 0 Å². The van der Waals surface area contributed by atoms with E-state index < -0.39 is 11.7 Å². The third-order valence-electron chi connectivity index (χ3n) is 4.30. The highest BCUT2D eigenvalue weighted by atomic mass is 19.4. The van der Waals surface area contributed by atoms with E-state index in [4.69, 9.17) is 10.5 Å². The van der Waals surface area contributed by atoms with Crippen molar-refractivity contribution < 1.29 is 17.9 Å². The average Bonchev–Trinajstić information content (AvgIpc) is 2.46. The van der Waals surface area contributed by atoms with Gasteiger partial charge in [-0.2, -0.15) is 13.2 Å². The number of nitrogens with two attached hydrogens (primary N) is 1. The van der Waals surface area contributed by atoms with E-state index in [1.807, 2.05) is 0 Å². The molecule has 5 heteroatoms. The number of rotatable bonds is 3. The number of alkyl halides is 3. The van der Waals surface area contributed by atoms with Gasteiger partial charge in [0.25, 0.3) is 0 Å². The lowest BCUT2D eigenvalue weighted by atomic mass is 9.69. The van der Waals surface area contributed by atoms with Crippen molar-refractivity contribution in [2.24, 2.45) is 5.73 Å². The first-order chi connectivity index (χ1) is 9.43. The number of halogens is 3. The van der Waals surface area contributed by atoms with E-state index in [-0.39, 0.29) is 5.41 Å². The molecule has 0 amide bonds. The molecule has 0 heterocycles. The molecule has 0 spiro atoms. The summed E-state index contributed by atoms with van der Waals surface area (Å²) in [6.45, 7) is 0.439. The predicted molar refractivity (Wildman–Crippen MR) is 71.8 cm³/mol. The molecule has 1 fully saturated rings. The number of ether oxygens (including phenoxy) is 1. The van der Waals surface area contributed by atoms with Gasteiger partial charge in [0, 0.05) is 17.5 Å². The normalized spacial score (nSPS) is 18.9. The van der Waals surface area contributed by atoms with Crippen LogP contribution in [0.5, 0.6) is 5.75 Å². The zero-order chi connectivity index (χ0) is 14.8. The SMILES string of the molecule is COc1cc(C(F)(F)F)ccc1C1(CN)CCCCC1. The maximum atomic E-state index is 12.8. The van der Waals surface area contributed by atoms with E-state index in [1.165, 1.54) is 7.11 Å². The topological polar surface area (TPSA) is 35.2 Å². The lowest BCUT2D eigenvalue weighted by molar-refractivity contribution is -0.137. The number of hydrogen-bond acceptors (Lipinski definition) is 2. The van der Waals surface area contributed by atoms with Gasteiger partial charge in [-0.05, 0) is 25.0 Å². The Bertz CT molecular complexity index is 465. The van der Waals surface area contributed by atoms with Crippen molar-refractivity contribution in [1.29, 1.82) is 0 Å². The molecule has 1 aliphatic carbocycles. The van der Waals surface area contributed by atoms with Gasteiger partial charge in [-0.25, -0.2) is 0 Å².